The van der Waals surface area contributed by atoms with Crippen LogP contribution in [-0.4, -0.2) is 5.78 Å². The van der Waals surface area contributed by atoms with E-state index in [4.69, 9.17) is 0 Å². The van der Waals surface area contributed by atoms with Gasteiger partial charge in [-0.25, -0.2) is 4.39 Å². The number of carbonyl (C=O) groups is 1. The zero-order valence-electron chi connectivity index (χ0n) is 8.87. The number of halogens is 1. The Labute approximate surface area is 97.6 Å². The molecule has 0 saturated carbocycles. The van der Waals surface area contributed by atoms with Gasteiger partial charge in [-0.3, -0.25) is 4.79 Å². The summed E-state index contributed by atoms with van der Waals surface area (Å²) >= 11 is 1.56. The summed E-state index contributed by atoms with van der Waals surface area (Å²) in [6.45, 7) is 1.78. The number of benzene rings is 1. The molecule has 0 spiro atoms. The van der Waals surface area contributed by atoms with Gasteiger partial charge in [-0.1, -0.05) is 0 Å². The van der Waals surface area contributed by atoms with E-state index in [1.54, 1.807) is 24.3 Å². The third kappa shape index (κ3) is 2.55. The Kier molecular flexibility index (Phi) is 3.15. The predicted octanol–water partition coefficient (Wildman–Crippen LogP) is 3.62. The van der Waals surface area contributed by atoms with Crippen molar-refractivity contribution in [1.82, 2.24) is 0 Å². The Morgan fingerprint density at radius 3 is 2.81 bits per heavy atom. The van der Waals surface area contributed by atoms with Crippen LogP contribution in [0.5, 0.6) is 0 Å². The van der Waals surface area contributed by atoms with Gasteiger partial charge >= 0.3 is 0 Å². The number of hydrogen-bond donors (Lipinski definition) is 0. The van der Waals surface area contributed by atoms with E-state index in [1.807, 2.05) is 16.8 Å². The molecule has 1 aromatic carbocycles. The molecule has 82 valence electrons. The van der Waals surface area contributed by atoms with Gasteiger partial charge in [0.05, 0.1) is 0 Å². The van der Waals surface area contributed by atoms with Crippen molar-refractivity contribution in [2.24, 2.45) is 0 Å². The molecule has 0 fully saturated rings. The molecule has 0 aliphatic rings. The van der Waals surface area contributed by atoms with Crippen LogP contribution in [0.1, 0.15) is 21.5 Å². The number of thiophene rings is 1. The molecule has 0 saturated heterocycles. The lowest BCUT2D eigenvalue weighted by Gasteiger charge is -2.01. The molecule has 2 rings (SSSR count). The molecule has 1 heterocycles. The Bertz CT molecular complexity index is 482. The number of carbonyl (C=O) groups excluding carboxylic acids is 1. The Hall–Kier alpha value is -1.48. The van der Waals surface area contributed by atoms with Gasteiger partial charge < -0.3 is 0 Å². The van der Waals surface area contributed by atoms with Crippen molar-refractivity contribution in [3.63, 3.8) is 0 Å². The van der Waals surface area contributed by atoms with Gasteiger partial charge in [0, 0.05) is 12.0 Å². The van der Waals surface area contributed by atoms with Gasteiger partial charge in [0.2, 0.25) is 0 Å². The second-order valence-electron chi connectivity index (χ2n) is 3.75. The molecule has 0 atom stereocenters. The molecule has 2 aromatic rings. The lowest BCUT2D eigenvalue weighted by molar-refractivity contribution is 0.0992. The van der Waals surface area contributed by atoms with E-state index in [9.17, 15) is 9.18 Å². The Balaban J connectivity index is 2.21. The highest BCUT2D eigenvalue weighted by molar-refractivity contribution is 7.08. The molecule has 0 radical (unpaired) electrons. The van der Waals surface area contributed by atoms with Gasteiger partial charge in [-0.2, -0.15) is 11.3 Å². The van der Waals surface area contributed by atoms with Crippen molar-refractivity contribution in [2.75, 3.05) is 0 Å². The number of hydrogen-bond acceptors (Lipinski definition) is 2. The van der Waals surface area contributed by atoms with Crippen LogP contribution in [0, 0.1) is 12.7 Å². The smallest absolute Gasteiger partial charge is 0.167 e. The fourth-order valence-corrected chi connectivity index (χ4v) is 2.25. The monoisotopic (exact) mass is 234 g/mol. The summed E-state index contributed by atoms with van der Waals surface area (Å²) < 4.78 is 13.1. The van der Waals surface area contributed by atoms with Crippen LogP contribution in [0.2, 0.25) is 0 Å². The highest BCUT2D eigenvalue weighted by atomic mass is 32.1. The highest BCUT2D eigenvalue weighted by Gasteiger charge is 2.09. The first-order chi connectivity index (χ1) is 7.65. The normalized spacial score (nSPS) is 10.4. The summed E-state index contributed by atoms with van der Waals surface area (Å²) in [4.78, 5) is 11.9. The van der Waals surface area contributed by atoms with Crippen molar-refractivity contribution in [2.45, 2.75) is 13.3 Å². The minimum Gasteiger partial charge on any atom is -0.294 e. The van der Waals surface area contributed by atoms with E-state index in [0.29, 0.717) is 12.0 Å². The molecule has 0 bridgehead atoms. The van der Waals surface area contributed by atoms with E-state index in [1.165, 1.54) is 12.1 Å². The van der Waals surface area contributed by atoms with Gasteiger partial charge in [-0.15, -0.1) is 0 Å². The summed E-state index contributed by atoms with van der Waals surface area (Å²) in [7, 11) is 0. The van der Waals surface area contributed by atoms with E-state index in [0.717, 1.165) is 11.1 Å². The third-order valence-electron chi connectivity index (χ3n) is 2.31. The second kappa shape index (κ2) is 4.58. The van der Waals surface area contributed by atoms with E-state index in [2.05, 4.69) is 0 Å². The van der Waals surface area contributed by atoms with E-state index >= 15 is 0 Å². The quantitative estimate of drug-likeness (QED) is 0.741. The molecule has 3 heteroatoms. The van der Waals surface area contributed by atoms with Crippen LogP contribution in [0.4, 0.5) is 4.39 Å². The first kappa shape index (κ1) is 11.0. The van der Waals surface area contributed by atoms with E-state index < -0.39 is 0 Å². The largest absolute Gasteiger partial charge is 0.294 e. The van der Waals surface area contributed by atoms with Crippen LogP contribution in [0.3, 0.4) is 0 Å². The lowest BCUT2D eigenvalue weighted by atomic mass is 10.0. The van der Waals surface area contributed by atoms with Crippen LogP contribution in [-0.2, 0) is 6.42 Å². The van der Waals surface area contributed by atoms with Gasteiger partial charge in [0.15, 0.2) is 5.78 Å². The summed E-state index contributed by atoms with van der Waals surface area (Å²) in [5.41, 5.74) is 2.20. The number of rotatable bonds is 3. The minimum atomic E-state index is -0.353. The Morgan fingerprint density at radius 2 is 2.19 bits per heavy atom. The van der Waals surface area contributed by atoms with Crippen molar-refractivity contribution < 1.29 is 9.18 Å². The molecule has 1 aromatic heterocycles. The van der Waals surface area contributed by atoms with Gasteiger partial charge in [-0.05, 0) is 53.1 Å². The fourth-order valence-electron chi connectivity index (χ4n) is 1.58. The summed E-state index contributed by atoms with van der Waals surface area (Å²) in [5, 5.41) is 3.86. The molecule has 0 amide bonds. The van der Waals surface area contributed by atoms with Crippen molar-refractivity contribution >= 4 is 17.1 Å². The van der Waals surface area contributed by atoms with Crippen LogP contribution in [0.15, 0.2) is 35.0 Å². The first-order valence-electron chi connectivity index (χ1n) is 4.96. The number of aryl methyl sites for hydroxylation is 1. The summed E-state index contributed by atoms with van der Waals surface area (Å²) in [5.74, 6) is -0.394. The lowest BCUT2D eigenvalue weighted by Crippen LogP contribution is -2.03. The maximum absolute atomic E-state index is 13.1. The van der Waals surface area contributed by atoms with Crippen LogP contribution in [0.25, 0.3) is 0 Å². The van der Waals surface area contributed by atoms with Crippen molar-refractivity contribution in [3.8, 4) is 0 Å². The van der Waals surface area contributed by atoms with Gasteiger partial charge in [0.25, 0.3) is 0 Å². The highest BCUT2D eigenvalue weighted by Crippen LogP contribution is 2.13. The SMILES string of the molecule is Cc1cc(F)cc(C(=O)Cc2ccsc2)c1. The molecule has 0 aliphatic carbocycles. The second-order valence-corrected chi connectivity index (χ2v) is 4.53. The molecule has 0 unspecified atom stereocenters. The zero-order chi connectivity index (χ0) is 11.5. The number of ketones is 1. The summed E-state index contributed by atoms with van der Waals surface area (Å²) in [6, 6.07) is 6.34. The standard InChI is InChI=1S/C13H11FOS/c1-9-4-11(7-12(14)5-9)13(15)6-10-2-3-16-8-10/h2-5,7-8H,6H2,1H3. The van der Waals surface area contributed by atoms with Crippen LogP contribution < -0.4 is 0 Å². The number of Topliss-reactive ketones (excluding diaryl/α,β-unsaturated/α-hetero) is 1. The molecule has 0 aliphatic heterocycles. The molecular formula is C13H11FOS. The molecule has 16 heavy (non-hydrogen) atoms. The minimum absolute atomic E-state index is 0.0407. The van der Waals surface area contributed by atoms with Gasteiger partial charge in [0.1, 0.15) is 5.82 Å². The summed E-state index contributed by atoms with van der Waals surface area (Å²) in [6.07, 6.45) is 0.340. The third-order valence-corrected chi connectivity index (χ3v) is 3.04. The molecular weight excluding hydrogens is 223 g/mol. The van der Waals surface area contributed by atoms with Crippen LogP contribution >= 0.6 is 11.3 Å². The maximum atomic E-state index is 13.1. The predicted molar refractivity (Wildman–Crippen MR) is 63.5 cm³/mol. The molecule has 1 nitrogen and oxygen atoms in total. The maximum Gasteiger partial charge on any atom is 0.167 e. The average Bonchev–Trinajstić information content (AvgIpc) is 2.68. The average molecular weight is 234 g/mol. The van der Waals surface area contributed by atoms with Crippen molar-refractivity contribution in [3.05, 3.63) is 57.5 Å². The zero-order valence-corrected chi connectivity index (χ0v) is 9.68. The Morgan fingerprint density at radius 1 is 1.38 bits per heavy atom. The topological polar surface area (TPSA) is 17.1 Å². The molecule has 0 N–H and O–H groups in total. The van der Waals surface area contributed by atoms with E-state index in [-0.39, 0.29) is 11.6 Å². The first-order valence-corrected chi connectivity index (χ1v) is 5.91. The fraction of sp³-hybridized carbons (Fsp3) is 0.154. The van der Waals surface area contributed by atoms with Crippen molar-refractivity contribution in [1.29, 1.82) is 0 Å².